The van der Waals surface area contributed by atoms with Crippen LogP contribution in [0.5, 0.6) is 5.75 Å². The lowest BCUT2D eigenvalue weighted by Crippen LogP contribution is -2.49. The zero-order chi connectivity index (χ0) is 27.3. The van der Waals surface area contributed by atoms with Crippen molar-refractivity contribution in [3.8, 4) is 22.8 Å². The fourth-order valence-corrected chi connectivity index (χ4v) is 6.40. The number of carbonyl (C=O) groups is 1. The van der Waals surface area contributed by atoms with Crippen molar-refractivity contribution in [2.75, 3.05) is 38.2 Å². The quantitative estimate of drug-likeness (QED) is 0.240. The van der Waals surface area contributed by atoms with Gasteiger partial charge in [0.25, 0.3) is 5.91 Å². The van der Waals surface area contributed by atoms with E-state index in [-0.39, 0.29) is 5.91 Å². The van der Waals surface area contributed by atoms with E-state index in [0.29, 0.717) is 24.5 Å². The van der Waals surface area contributed by atoms with Crippen LogP contribution in [0.2, 0.25) is 0 Å². The Balaban J connectivity index is 1.13. The summed E-state index contributed by atoms with van der Waals surface area (Å²) in [7, 11) is 1.68. The number of aromatic nitrogens is 5. The summed E-state index contributed by atoms with van der Waals surface area (Å²) in [5, 5.41) is 12.5. The number of anilines is 1. The molecule has 0 radical (unpaired) electrons. The molecule has 202 valence electrons. The van der Waals surface area contributed by atoms with E-state index in [0.717, 1.165) is 51.8 Å². The summed E-state index contributed by atoms with van der Waals surface area (Å²) in [4.78, 5) is 26.2. The second-order valence-electron chi connectivity index (χ2n) is 9.08. The van der Waals surface area contributed by atoms with E-state index in [1.54, 1.807) is 31.3 Å². The standard InChI is InChI=1S/C29H27N7O2S2/c1-38-25-10-6-5-9-24(25)34-15-17-35(18-16-34)28(37)23-19-39-26(31-23)20-40-29-33-32-27(21-11-13-30-14-12-21)36(29)22-7-3-2-4-8-22/h2-14,19H,15-18,20H2,1H3. The molecule has 5 aromatic rings. The van der Waals surface area contributed by atoms with Gasteiger partial charge >= 0.3 is 0 Å². The van der Waals surface area contributed by atoms with Gasteiger partial charge in [-0.25, -0.2) is 4.98 Å². The third kappa shape index (κ3) is 5.43. The highest BCUT2D eigenvalue weighted by Crippen LogP contribution is 2.31. The molecule has 6 rings (SSSR count). The Kier molecular flexibility index (Phi) is 7.73. The first kappa shape index (κ1) is 26.0. The van der Waals surface area contributed by atoms with Gasteiger partial charge in [0.2, 0.25) is 0 Å². The average molecular weight is 570 g/mol. The molecular weight excluding hydrogens is 543 g/mol. The summed E-state index contributed by atoms with van der Waals surface area (Å²) in [5.41, 5.74) is 3.46. The highest BCUT2D eigenvalue weighted by Gasteiger charge is 2.25. The van der Waals surface area contributed by atoms with Crippen molar-refractivity contribution in [3.05, 3.63) is 95.2 Å². The molecule has 9 nitrogen and oxygen atoms in total. The Morgan fingerprint density at radius 3 is 2.48 bits per heavy atom. The van der Waals surface area contributed by atoms with Crippen LogP contribution in [0, 0.1) is 0 Å². The van der Waals surface area contributed by atoms with Crippen LogP contribution in [0.15, 0.2) is 89.7 Å². The predicted octanol–water partition coefficient (Wildman–Crippen LogP) is 5.05. The molecule has 11 heteroatoms. The number of amides is 1. The zero-order valence-electron chi connectivity index (χ0n) is 21.9. The smallest absolute Gasteiger partial charge is 0.273 e. The predicted molar refractivity (Wildman–Crippen MR) is 157 cm³/mol. The molecule has 0 spiro atoms. The summed E-state index contributed by atoms with van der Waals surface area (Å²) in [5.74, 6) is 2.15. The molecule has 1 amide bonds. The van der Waals surface area contributed by atoms with Crippen molar-refractivity contribution >= 4 is 34.7 Å². The molecule has 1 fully saturated rings. The van der Waals surface area contributed by atoms with Gasteiger partial charge in [0.05, 0.1) is 18.6 Å². The number of nitrogens with zero attached hydrogens (tertiary/aromatic N) is 7. The lowest BCUT2D eigenvalue weighted by atomic mass is 10.2. The number of carbonyl (C=O) groups excluding carboxylic acids is 1. The number of methoxy groups -OCH3 is 1. The molecule has 0 bridgehead atoms. The number of benzene rings is 2. The van der Waals surface area contributed by atoms with Crippen molar-refractivity contribution in [3.63, 3.8) is 0 Å². The third-order valence-corrected chi connectivity index (χ3v) is 8.65. The monoisotopic (exact) mass is 569 g/mol. The Bertz CT molecular complexity index is 1580. The van der Waals surface area contributed by atoms with Crippen LogP contribution in [0.1, 0.15) is 15.5 Å². The molecule has 4 heterocycles. The fraction of sp³-hybridized carbons (Fsp3) is 0.207. The van der Waals surface area contributed by atoms with E-state index in [1.165, 1.54) is 11.3 Å². The summed E-state index contributed by atoms with van der Waals surface area (Å²) in [6.45, 7) is 2.76. The maximum atomic E-state index is 13.2. The van der Waals surface area contributed by atoms with Crippen molar-refractivity contribution in [2.24, 2.45) is 0 Å². The number of thioether (sulfide) groups is 1. The SMILES string of the molecule is COc1ccccc1N1CCN(C(=O)c2csc(CSc3nnc(-c4ccncc4)n3-c3ccccc3)n2)CC1. The van der Waals surface area contributed by atoms with E-state index in [1.807, 2.05) is 75.5 Å². The third-order valence-electron chi connectivity index (χ3n) is 6.67. The van der Waals surface area contributed by atoms with E-state index in [9.17, 15) is 4.79 Å². The lowest BCUT2D eigenvalue weighted by molar-refractivity contribution is 0.0741. The first-order valence-corrected chi connectivity index (χ1v) is 14.7. The second kappa shape index (κ2) is 11.9. The van der Waals surface area contributed by atoms with E-state index in [4.69, 9.17) is 4.74 Å². The number of thiazole rings is 1. The average Bonchev–Trinajstić information content (AvgIpc) is 3.68. The molecule has 0 aliphatic carbocycles. The summed E-state index contributed by atoms with van der Waals surface area (Å²) >= 11 is 3.05. The zero-order valence-corrected chi connectivity index (χ0v) is 23.5. The van der Waals surface area contributed by atoms with Crippen LogP contribution < -0.4 is 9.64 Å². The van der Waals surface area contributed by atoms with Crippen LogP contribution in [0.25, 0.3) is 17.1 Å². The van der Waals surface area contributed by atoms with Gasteiger partial charge in [-0.1, -0.05) is 42.1 Å². The summed E-state index contributed by atoms with van der Waals surface area (Å²) < 4.78 is 7.55. The van der Waals surface area contributed by atoms with Gasteiger partial charge in [0, 0.05) is 55.2 Å². The molecule has 1 saturated heterocycles. The largest absolute Gasteiger partial charge is 0.495 e. The van der Waals surface area contributed by atoms with E-state index < -0.39 is 0 Å². The van der Waals surface area contributed by atoms with Crippen LogP contribution >= 0.6 is 23.1 Å². The minimum Gasteiger partial charge on any atom is -0.495 e. The number of hydrogen-bond donors (Lipinski definition) is 0. The number of pyridine rings is 1. The molecule has 1 aliphatic rings. The van der Waals surface area contributed by atoms with Crippen molar-refractivity contribution in [1.82, 2.24) is 29.6 Å². The van der Waals surface area contributed by atoms with Crippen LogP contribution in [-0.2, 0) is 5.75 Å². The summed E-state index contributed by atoms with van der Waals surface area (Å²) in [6, 6.07) is 21.9. The number of rotatable bonds is 8. The van der Waals surface area contributed by atoms with Crippen molar-refractivity contribution in [1.29, 1.82) is 0 Å². The number of piperazine rings is 1. The molecule has 0 atom stereocenters. The summed E-state index contributed by atoms with van der Waals surface area (Å²) in [6.07, 6.45) is 3.50. The van der Waals surface area contributed by atoms with E-state index >= 15 is 0 Å². The number of hydrogen-bond acceptors (Lipinski definition) is 9. The van der Waals surface area contributed by atoms with Crippen LogP contribution in [0.3, 0.4) is 0 Å². The Morgan fingerprint density at radius 1 is 0.950 bits per heavy atom. The van der Waals surface area contributed by atoms with Crippen molar-refractivity contribution in [2.45, 2.75) is 10.9 Å². The normalized spacial score (nSPS) is 13.4. The Labute approximate surface area is 240 Å². The van der Waals surface area contributed by atoms with Gasteiger partial charge in [-0.05, 0) is 36.4 Å². The van der Waals surface area contributed by atoms with E-state index in [2.05, 4.69) is 31.1 Å². The van der Waals surface area contributed by atoms with Gasteiger partial charge < -0.3 is 14.5 Å². The molecule has 0 N–H and O–H groups in total. The molecule has 1 aliphatic heterocycles. The molecule has 40 heavy (non-hydrogen) atoms. The van der Waals surface area contributed by atoms with Gasteiger partial charge in [-0.3, -0.25) is 14.3 Å². The minimum absolute atomic E-state index is 0.0281. The number of ether oxygens (including phenoxy) is 1. The van der Waals surface area contributed by atoms with Crippen molar-refractivity contribution < 1.29 is 9.53 Å². The molecule has 3 aromatic heterocycles. The molecule has 2 aromatic carbocycles. The topological polar surface area (TPSA) is 89.3 Å². The van der Waals surface area contributed by atoms with Gasteiger partial charge in [0.15, 0.2) is 11.0 Å². The minimum atomic E-state index is -0.0281. The first-order valence-electron chi connectivity index (χ1n) is 12.9. The first-order chi connectivity index (χ1) is 19.7. The lowest BCUT2D eigenvalue weighted by Gasteiger charge is -2.36. The Hall–Kier alpha value is -4.22. The fourth-order valence-electron chi connectivity index (χ4n) is 4.67. The van der Waals surface area contributed by atoms with Gasteiger partial charge in [0.1, 0.15) is 16.5 Å². The van der Waals surface area contributed by atoms with Crippen LogP contribution in [-0.4, -0.2) is 68.8 Å². The second-order valence-corrected chi connectivity index (χ2v) is 11.0. The van der Waals surface area contributed by atoms with Gasteiger partial charge in [-0.15, -0.1) is 21.5 Å². The number of para-hydroxylation sites is 3. The van der Waals surface area contributed by atoms with Crippen LogP contribution in [0.4, 0.5) is 5.69 Å². The maximum Gasteiger partial charge on any atom is 0.273 e. The van der Waals surface area contributed by atoms with Gasteiger partial charge in [-0.2, -0.15) is 0 Å². The molecular formula is C29H27N7O2S2. The highest BCUT2D eigenvalue weighted by molar-refractivity contribution is 7.98. The molecule has 0 unspecified atom stereocenters. The highest BCUT2D eigenvalue weighted by atomic mass is 32.2. The Morgan fingerprint density at radius 2 is 1.70 bits per heavy atom. The maximum absolute atomic E-state index is 13.2. The molecule has 0 saturated carbocycles.